The molecule has 0 saturated heterocycles. The van der Waals surface area contributed by atoms with Gasteiger partial charge in [-0.1, -0.05) is 24.3 Å². The van der Waals surface area contributed by atoms with Gasteiger partial charge in [0, 0.05) is 39.1 Å². The third kappa shape index (κ3) is 3.96. The van der Waals surface area contributed by atoms with Gasteiger partial charge in [0.05, 0.1) is 0 Å². The van der Waals surface area contributed by atoms with Crippen molar-refractivity contribution in [3.8, 4) is 0 Å². The Morgan fingerprint density at radius 1 is 1.14 bits per heavy atom. The molecule has 3 heterocycles. The molecule has 0 spiro atoms. The first-order valence-corrected chi connectivity index (χ1v) is 11.6. The molecule has 1 amide bonds. The Kier molecular flexibility index (Phi) is 5.49. The number of nitrogens with zero attached hydrogens (tertiary/aromatic N) is 3. The highest BCUT2D eigenvalue weighted by atomic mass is 32.2. The van der Waals surface area contributed by atoms with E-state index in [1.165, 1.54) is 20.8 Å². The second-order valence-electron chi connectivity index (χ2n) is 6.99. The van der Waals surface area contributed by atoms with Gasteiger partial charge in [-0.05, 0) is 46.7 Å². The summed E-state index contributed by atoms with van der Waals surface area (Å²) in [6.45, 7) is 1.13. The average Bonchev–Trinajstić information content (AvgIpc) is 3.24. The Hall–Kier alpha value is -2.55. The Morgan fingerprint density at radius 2 is 1.86 bits per heavy atom. The number of thiophene rings is 1. The maximum absolute atomic E-state index is 13.3. The van der Waals surface area contributed by atoms with Gasteiger partial charge in [-0.15, -0.1) is 11.3 Å². The van der Waals surface area contributed by atoms with E-state index >= 15 is 0 Å². The molecule has 0 aliphatic carbocycles. The van der Waals surface area contributed by atoms with E-state index in [9.17, 15) is 13.2 Å². The first-order chi connectivity index (χ1) is 14.0. The van der Waals surface area contributed by atoms with Crippen LogP contribution < -0.4 is 0 Å². The van der Waals surface area contributed by atoms with E-state index in [1.54, 1.807) is 24.8 Å². The summed E-state index contributed by atoms with van der Waals surface area (Å²) >= 11 is 1.16. The first-order valence-electron chi connectivity index (χ1n) is 9.25. The average molecular weight is 428 g/mol. The van der Waals surface area contributed by atoms with E-state index in [2.05, 4.69) is 4.98 Å². The number of hydrogen-bond donors (Lipinski definition) is 0. The zero-order chi connectivity index (χ0) is 20.4. The molecule has 0 radical (unpaired) electrons. The molecule has 0 unspecified atom stereocenters. The van der Waals surface area contributed by atoms with Crippen LogP contribution in [0.3, 0.4) is 0 Å². The van der Waals surface area contributed by atoms with Crippen LogP contribution in [0.15, 0.2) is 65.1 Å². The highest BCUT2D eigenvalue weighted by Crippen LogP contribution is 2.30. The van der Waals surface area contributed by atoms with Crippen LogP contribution in [0.5, 0.6) is 0 Å². The number of fused-ring (bicyclic) bond motifs is 1. The lowest BCUT2D eigenvalue weighted by atomic mass is 10.0. The van der Waals surface area contributed by atoms with Crippen molar-refractivity contribution in [2.45, 2.75) is 24.4 Å². The van der Waals surface area contributed by atoms with Crippen LogP contribution in [0.25, 0.3) is 0 Å². The van der Waals surface area contributed by atoms with E-state index in [0.29, 0.717) is 26.1 Å². The molecule has 1 aliphatic rings. The van der Waals surface area contributed by atoms with Gasteiger partial charge >= 0.3 is 0 Å². The monoisotopic (exact) mass is 427 g/mol. The summed E-state index contributed by atoms with van der Waals surface area (Å²) in [5, 5.41) is 1.66. The van der Waals surface area contributed by atoms with Crippen LogP contribution in [0.4, 0.5) is 0 Å². The second kappa shape index (κ2) is 8.06. The molecule has 4 rings (SSSR count). The molecule has 0 atom stereocenters. The highest BCUT2D eigenvalue weighted by Gasteiger charge is 2.33. The van der Waals surface area contributed by atoms with E-state index in [4.69, 9.17) is 0 Å². The zero-order valence-electron chi connectivity index (χ0n) is 16.0. The fourth-order valence-corrected chi connectivity index (χ4v) is 6.29. The standard InChI is InChI=1S/C21H21N3O3S2/c1-23(14-16-6-10-22-11-7-16)21(25)20-19(9-13-28-20)29(26,27)24-12-8-17-4-2-3-5-18(17)15-24/h2-7,9-11,13H,8,12,14-15H2,1H3. The molecule has 29 heavy (non-hydrogen) atoms. The molecule has 150 valence electrons. The van der Waals surface area contributed by atoms with Crippen LogP contribution >= 0.6 is 11.3 Å². The van der Waals surface area contributed by atoms with Crippen molar-refractivity contribution in [3.05, 3.63) is 81.8 Å². The molecule has 8 heteroatoms. The number of carbonyl (C=O) groups excluding carboxylic acids is 1. The predicted molar refractivity (Wildman–Crippen MR) is 112 cm³/mol. The van der Waals surface area contributed by atoms with Crippen molar-refractivity contribution in [3.63, 3.8) is 0 Å². The van der Waals surface area contributed by atoms with Gasteiger partial charge in [-0.25, -0.2) is 8.42 Å². The summed E-state index contributed by atoms with van der Waals surface area (Å²) in [5.41, 5.74) is 3.13. The highest BCUT2D eigenvalue weighted by molar-refractivity contribution is 7.89. The fraction of sp³-hybridized carbons (Fsp3) is 0.238. The molecule has 2 aromatic heterocycles. The van der Waals surface area contributed by atoms with E-state index in [0.717, 1.165) is 22.5 Å². The number of amides is 1. The molecule has 0 N–H and O–H groups in total. The molecule has 6 nitrogen and oxygen atoms in total. The van der Waals surface area contributed by atoms with Crippen molar-refractivity contribution >= 4 is 27.3 Å². The summed E-state index contributed by atoms with van der Waals surface area (Å²) in [6.07, 6.45) is 4.01. The van der Waals surface area contributed by atoms with Crippen molar-refractivity contribution < 1.29 is 13.2 Å². The second-order valence-corrected chi connectivity index (χ2v) is 9.81. The number of pyridine rings is 1. The molecular formula is C21H21N3O3S2. The fourth-order valence-electron chi connectivity index (χ4n) is 3.48. The van der Waals surface area contributed by atoms with E-state index in [-0.39, 0.29) is 15.7 Å². The summed E-state index contributed by atoms with van der Waals surface area (Å²) in [6, 6.07) is 13.1. The molecule has 1 aromatic carbocycles. The smallest absolute Gasteiger partial charge is 0.265 e. The number of carbonyl (C=O) groups is 1. The molecular weight excluding hydrogens is 406 g/mol. The van der Waals surface area contributed by atoms with Crippen molar-refractivity contribution in [2.24, 2.45) is 0 Å². The summed E-state index contributed by atoms with van der Waals surface area (Å²) in [7, 11) is -2.08. The minimum absolute atomic E-state index is 0.0912. The Labute approximate surface area is 174 Å². The maximum Gasteiger partial charge on any atom is 0.265 e. The minimum atomic E-state index is -3.76. The van der Waals surface area contributed by atoms with E-state index < -0.39 is 10.0 Å². The topological polar surface area (TPSA) is 70.6 Å². The lowest BCUT2D eigenvalue weighted by Gasteiger charge is -2.28. The molecule has 3 aromatic rings. The van der Waals surface area contributed by atoms with Crippen LogP contribution in [0, 0.1) is 0 Å². The van der Waals surface area contributed by atoms with Gasteiger partial charge in [0.15, 0.2) is 0 Å². The normalized spacial score (nSPS) is 14.4. The lowest BCUT2D eigenvalue weighted by Crippen LogP contribution is -2.37. The van der Waals surface area contributed by atoms with Gasteiger partial charge in [-0.2, -0.15) is 4.31 Å². The Balaban J connectivity index is 1.57. The number of benzene rings is 1. The minimum Gasteiger partial charge on any atom is -0.337 e. The van der Waals surface area contributed by atoms with Gasteiger partial charge in [0.2, 0.25) is 10.0 Å². The molecule has 1 aliphatic heterocycles. The third-order valence-corrected chi connectivity index (χ3v) is 7.97. The van der Waals surface area contributed by atoms with Gasteiger partial charge < -0.3 is 4.90 Å². The van der Waals surface area contributed by atoms with Gasteiger partial charge in [0.25, 0.3) is 5.91 Å². The van der Waals surface area contributed by atoms with Crippen LogP contribution in [-0.4, -0.2) is 42.1 Å². The lowest BCUT2D eigenvalue weighted by molar-refractivity contribution is 0.0786. The Morgan fingerprint density at radius 3 is 2.62 bits per heavy atom. The van der Waals surface area contributed by atoms with Crippen molar-refractivity contribution in [1.82, 2.24) is 14.2 Å². The first kappa shape index (κ1) is 19.8. The van der Waals surface area contributed by atoms with Gasteiger partial charge in [-0.3, -0.25) is 9.78 Å². The van der Waals surface area contributed by atoms with Crippen LogP contribution in [-0.2, 0) is 29.5 Å². The maximum atomic E-state index is 13.3. The number of rotatable bonds is 5. The predicted octanol–water partition coefficient (Wildman–Crippen LogP) is 3.16. The number of sulfonamides is 1. The zero-order valence-corrected chi connectivity index (χ0v) is 17.6. The quantitative estimate of drug-likeness (QED) is 0.627. The SMILES string of the molecule is CN(Cc1ccncc1)C(=O)c1sccc1S(=O)(=O)N1CCc2ccccc2C1. The largest absolute Gasteiger partial charge is 0.337 e. The molecule has 0 bridgehead atoms. The third-order valence-electron chi connectivity index (χ3n) is 5.05. The number of hydrogen-bond acceptors (Lipinski definition) is 5. The van der Waals surface area contributed by atoms with Crippen LogP contribution in [0.2, 0.25) is 0 Å². The van der Waals surface area contributed by atoms with Crippen molar-refractivity contribution in [2.75, 3.05) is 13.6 Å². The van der Waals surface area contributed by atoms with Gasteiger partial charge in [0.1, 0.15) is 9.77 Å². The molecule has 0 fully saturated rings. The summed E-state index contributed by atoms with van der Waals surface area (Å²) in [5.74, 6) is -0.298. The van der Waals surface area contributed by atoms with Crippen LogP contribution in [0.1, 0.15) is 26.4 Å². The van der Waals surface area contributed by atoms with Crippen molar-refractivity contribution in [1.29, 1.82) is 0 Å². The molecule has 0 saturated carbocycles. The summed E-state index contributed by atoms with van der Waals surface area (Å²) < 4.78 is 28.1. The Bertz CT molecular complexity index is 1130. The number of aromatic nitrogens is 1. The van der Waals surface area contributed by atoms with E-state index in [1.807, 2.05) is 36.4 Å². The summed E-state index contributed by atoms with van der Waals surface area (Å²) in [4.78, 5) is 18.8.